The molecule has 3 N–H and O–H groups in total. The number of hydrogen-bond acceptors (Lipinski definition) is 2. The van der Waals surface area contributed by atoms with Gasteiger partial charge in [0.1, 0.15) is 11.6 Å². The Labute approximate surface area is 104 Å². The van der Waals surface area contributed by atoms with E-state index in [1.165, 1.54) is 12.1 Å². The van der Waals surface area contributed by atoms with E-state index in [0.29, 0.717) is 17.7 Å². The zero-order valence-corrected chi connectivity index (χ0v) is 10.1. The Morgan fingerprint density at radius 2 is 1.89 bits per heavy atom. The highest BCUT2D eigenvalue weighted by atomic mass is 19.1. The van der Waals surface area contributed by atoms with E-state index in [4.69, 9.17) is 5.73 Å². The fraction of sp³-hybridized carbons (Fsp3) is 0.308. The van der Waals surface area contributed by atoms with Gasteiger partial charge in [0.25, 0.3) is 0 Å². The number of aromatic amines is 1. The minimum absolute atomic E-state index is 0.0579. The molecule has 1 heterocycles. The lowest BCUT2D eigenvalue weighted by molar-refractivity contribution is 0.584. The molecule has 1 aromatic carbocycles. The number of rotatable bonds is 4. The molecule has 1 aromatic heterocycles. The summed E-state index contributed by atoms with van der Waals surface area (Å²) in [6.07, 6.45) is 1.53. The minimum Gasteiger partial charge on any atom is -0.327 e. The summed E-state index contributed by atoms with van der Waals surface area (Å²) in [4.78, 5) is 0. The molecular weight excluding hydrogens is 236 g/mol. The van der Waals surface area contributed by atoms with Gasteiger partial charge in [-0.3, -0.25) is 5.10 Å². The van der Waals surface area contributed by atoms with Gasteiger partial charge in [-0.15, -0.1) is 0 Å². The first-order chi connectivity index (χ1) is 8.58. The summed E-state index contributed by atoms with van der Waals surface area (Å²) in [7, 11) is 0. The Bertz CT molecular complexity index is 517. The topological polar surface area (TPSA) is 54.7 Å². The molecule has 0 radical (unpaired) electrons. The van der Waals surface area contributed by atoms with Gasteiger partial charge < -0.3 is 5.73 Å². The van der Waals surface area contributed by atoms with Crippen LogP contribution < -0.4 is 5.73 Å². The van der Waals surface area contributed by atoms with Crippen molar-refractivity contribution in [3.8, 4) is 11.3 Å². The van der Waals surface area contributed by atoms with E-state index in [1.54, 1.807) is 6.07 Å². The van der Waals surface area contributed by atoms with E-state index in [-0.39, 0.29) is 6.04 Å². The van der Waals surface area contributed by atoms with Crippen molar-refractivity contribution in [2.45, 2.75) is 25.8 Å². The maximum absolute atomic E-state index is 13.1. The molecule has 0 saturated heterocycles. The van der Waals surface area contributed by atoms with Gasteiger partial charge in [-0.25, -0.2) is 8.78 Å². The third-order valence-corrected chi connectivity index (χ3v) is 2.80. The maximum atomic E-state index is 13.1. The second-order valence-corrected chi connectivity index (χ2v) is 4.31. The average molecular weight is 251 g/mol. The lowest BCUT2D eigenvalue weighted by Crippen LogP contribution is -2.21. The van der Waals surface area contributed by atoms with Gasteiger partial charge in [0, 0.05) is 29.8 Å². The number of hydrogen-bond donors (Lipinski definition) is 2. The summed E-state index contributed by atoms with van der Waals surface area (Å²) in [6.45, 7) is 2.00. The smallest absolute Gasteiger partial charge is 0.126 e. The Morgan fingerprint density at radius 1 is 1.22 bits per heavy atom. The van der Waals surface area contributed by atoms with Gasteiger partial charge in [-0.2, -0.15) is 5.10 Å². The quantitative estimate of drug-likeness (QED) is 0.877. The van der Waals surface area contributed by atoms with Crippen LogP contribution in [0.3, 0.4) is 0 Å². The molecule has 3 nitrogen and oxygen atoms in total. The summed E-state index contributed by atoms with van der Waals surface area (Å²) >= 11 is 0. The highest BCUT2D eigenvalue weighted by Crippen LogP contribution is 2.20. The highest BCUT2D eigenvalue weighted by molar-refractivity contribution is 5.59. The molecule has 0 aliphatic carbocycles. The first-order valence-electron chi connectivity index (χ1n) is 5.85. The fourth-order valence-electron chi connectivity index (χ4n) is 1.74. The van der Waals surface area contributed by atoms with Gasteiger partial charge in [-0.05, 0) is 24.6 Å². The Morgan fingerprint density at radius 3 is 2.50 bits per heavy atom. The summed E-state index contributed by atoms with van der Waals surface area (Å²) < 4.78 is 26.2. The molecule has 18 heavy (non-hydrogen) atoms. The summed E-state index contributed by atoms with van der Waals surface area (Å²) in [5.74, 6) is -1.22. The molecule has 0 spiro atoms. The van der Waals surface area contributed by atoms with Crippen molar-refractivity contribution < 1.29 is 8.78 Å². The Balaban J connectivity index is 2.23. The highest BCUT2D eigenvalue weighted by Gasteiger charge is 2.09. The predicted molar refractivity (Wildman–Crippen MR) is 65.9 cm³/mol. The average Bonchev–Trinajstić information content (AvgIpc) is 2.76. The summed E-state index contributed by atoms with van der Waals surface area (Å²) in [6, 6.07) is 5.17. The molecule has 0 aliphatic rings. The maximum Gasteiger partial charge on any atom is 0.126 e. The van der Waals surface area contributed by atoms with Crippen molar-refractivity contribution in [3.63, 3.8) is 0 Å². The van der Waals surface area contributed by atoms with E-state index in [0.717, 1.165) is 18.2 Å². The minimum atomic E-state index is -0.611. The van der Waals surface area contributed by atoms with Crippen LogP contribution in [0.5, 0.6) is 0 Å². The third-order valence-electron chi connectivity index (χ3n) is 2.80. The third kappa shape index (κ3) is 2.92. The summed E-state index contributed by atoms with van der Waals surface area (Å²) in [5, 5.41) is 6.88. The van der Waals surface area contributed by atoms with Gasteiger partial charge in [0.15, 0.2) is 0 Å². The molecule has 1 unspecified atom stereocenters. The van der Waals surface area contributed by atoms with E-state index < -0.39 is 11.6 Å². The van der Waals surface area contributed by atoms with Crippen molar-refractivity contribution in [1.29, 1.82) is 0 Å². The molecule has 2 rings (SSSR count). The molecule has 5 heteroatoms. The monoisotopic (exact) mass is 251 g/mol. The van der Waals surface area contributed by atoms with Crippen molar-refractivity contribution in [2.24, 2.45) is 5.73 Å². The zero-order chi connectivity index (χ0) is 13.1. The molecule has 0 fully saturated rings. The fourth-order valence-corrected chi connectivity index (χ4v) is 1.74. The number of halogens is 2. The lowest BCUT2D eigenvalue weighted by Gasteiger charge is -2.04. The molecular formula is C13H15F2N3. The molecule has 96 valence electrons. The Hall–Kier alpha value is -1.75. The standard InChI is InChI=1S/C13H15F2N3/c1-2-11(16)6-12-7-13(18-17-12)8-3-9(14)5-10(15)4-8/h3-5,7,11H,2,6,16H2,1H3,(H,17,18). The molecule has 0 aliphatic heterocycles. The van der Waals surface area contributed by atoms with Crippen LogP contribution >= 0.6 is 0 Å². The van der Waals surface area contributed by atoms with Crippen LogP contribution in [-0.4, -0.2) is 16.2 Å². The SMILES string of the molecule is CCC(N)Cc1cc(-c2cc(F)cc(F)c2)n[nH]1. The second-order valence-electron chi connectivity index (χ2n) is 4.31. The molecule has 0 amide bonds. The first kappa shape index (κ1) is 12.7. The van der Waals surface area contributed by atoms with Crippen molar-refractivity contribution in [1.82, 2.24) is 10.2 Å². The second kappa shape index (κ2) is 5.27. The molecule has 0 saturated carbocycles. The Kier molecular flexibility index (Phi) is 3.72. The van der Waals surface area contributed by atoms with E-state index in [2.05, 4.69) is 10.2 Å². The van der Waals surface area contributed by atoms with Crippen molar-refractivity contribution in [2.75, 3.05) is 0 Å². The van der Waals surface area contributed by atoms with Gasteiger partial charge in [0.05, 0.1) is 5.69 Å². The lowest BCUT2D eigenvalue weighted by atomic mass is 10.1. The first-order valence-corrected chi connectivity index (χ1v) is 5.85. The van der Waals surface area contributed by atoms with E-state index >= 15 is 0 Å². The predicted octanol–water partition coefficient (Wildman–Crippen LogP) is 2.63. The van der Waals surface area contributed by atoms with Gasteiger partial charge >= 0.3 is 0 Å². The van der Waals surface area contributed by atoms with Crippen LogP contribution in [0.2, 0.25) is 0 Å². The van der Waals surface area contributed by atoms with E-state index in [9.17, 15) is 8.78 Å². The number of nitrogens with one attached hydrogen (secondary N) is 1. The number of nitrogens with two attached hydrogens (primary N) is 1. The van der Waals surface area contributed by atoms with E-state index in [1.807, 2.05) is 6.92 Å². The molecule has 1 atom stereocenters. The van der Waals surface area contributed by atoms with Gasteiger partial charge in [0.2, 0.25) is 0 Å². The largest absolute Gasteiger partial charge is 0.327 e. The summed E-state index contributed by atoms with van der Waals surface area (Å²) in [5.41, 5.74) is 7.64. The van der Waals surface area contributed by atoms with Gasteiger partial charge in [-0.1, -0.05) is 6.92 Å². The van der Waals surface area contributed by atoms with Crippen LogP contribution in [-0.2, 0) is 6.42 Å². The van der Waals surface area contributed by atoms with Crippen LogP contribution in [0.25, 0.3) is 11.3 Å². The molecule has 2 aromatic rings. The van der Waals surface area contributed by atoms with Crippen LogP contribution in [0, 0.1) is 11.6 Å². The number of aromatic nitrogens is 2. The molecule has 0 bridgehead atoms. The normalized spacial score (nSPS) is 12.7. The van der Waals surface area contributed by atoms with Crippen LogP contribution in [0.1, 0.15) is 19.0 Å². The van der Waals surface area contributed by atoms with Crippen LogP contribution in [0.15, 0.2) is 24.3 Å². The number of benzene rings is 1. The van der Waals surface area contributed by atoms with Crippen molar-refractivity contribution in [3.05, 3.63) is 41.6 Å². The number of H-pyrrole nitrogens is 1. The van der Waals surface area contributed by atoms with Crippen LogP contribution in [0.4, 0.5) is 8.78 Å². The van der Waals surface area contributed by atoms with Crippen molar-refractivity contribution >= 4 is 0 Å². The number of nitrogens with zero attached hydrogens (tertiary/aromatic N) is 1. The zero-order valence-electron chi connectivity index (χ0n) is 10.1.